The van der Waals surface area contributed by atoms with E-state index in [0.717, 1.165) is 37.6 Å². The zero-order valence-electron chi connectivity index (χ0n) is 10.9. The lowest BCUT2D eigenvalue weighted by Gasteiger charge is -2.13. The largest absolute Gasteiger partial charge is 0.484 e. The van der Waals surface area contributed by atoms with Crippen LogP contribution in [0, 0.1) is 0 Å². The van der Waals surface area contributed by atoms with Crippen molar-refractivity contribution in [3.05, 3.63) is 16.5 Å². The predicted molar refractivity (Wildman–Crippen MR) is 75.5 cm³/mol. The van der Waals surface area contributed by atoms with Gasteiger partial charge in [0.25, 0.3) is 0 Å². The fourth-order valence-electron chi connectivity index (χ4n) is 2.76. The third-order valence-electron chi connectivity index (χ3n) is 3.78. The van der Waals surface area contributed by atoms with E-state index >= 15 is 0 Å². The van der Waals surface area contributed by atoms with Crippen LogP contribution in [-0.2, 0) is 13.0 Å². The summed E-state index contributed by atoms with van der Waals surface area (Å²) in [4.78, 5) is 4.07. The van der Waals surface area contributed by atoms with Crippen LogP contribution in [-0.4, -0.2) is 37.7 Å². The van der Waals surface area contributed by atoms with Crippen LogP contribution in [0.4, 0.5) is 0 Å². The van der Waals surface area contributed by atoms with Crippen molar-refractivity contribution in [3.63, 3.8) is 0 Å². The first-order valence-electron chi connectivity index (χ1n) is 7.09. The molecule has 1 N–H and O–H groups in total. The Morgan fingerprint density at radius 2 is 2.22 bits per heavy atom. The van der Waals surface area contributed by atoms with Crippen LogP contribution < -0.4 is 10.1 Å². The van der Waals surface area contributed by atoms with Crippen molar-refractivity contribution in [3.8, 4) is 5.06 Å². The second-order valence-corrected chi connectivity index (χ2v) is 6.29. The first-order valence-corrected chi connectivity index (χ1v) is 7.91. The summed E-state index contributed by atoms with van der Waals surface area (Å²) in [5.41, 5.74) is 1.45. The van der Waals surface area contributed by atoms with Gasteiger partial charge in [-0.05, 0) is 50.4 Å². The third-order valence-corrected chi connectivity index (χ3v) is 4.93. The predicted octanol–water partition coefficient (Wildman–Crippen LogP) is 2.26. The molecule has 0 aromatic carbocycles. The van der Waals surface area contributed by atoms with Crippen molar-refractivity contribution < 1.29 is 4.74 Å². The molecule has 3 heterocycles. The maximum absolute atomic E-state index is 5.88. The normalized spacial score (nSPS) is 20.0. The minimum Gasteiger partial charge on any atom is -0.484 e. The highest BCUT2D eigenvalue weighted by atomic mass is 32.1. The van der Waals surface area contributed by atoms with Crippen LogP contribution in [0.5, 0.6) is 5.06 Å². The standard InChI is InChI=1S/C14H22N2OS/c1-2-7-16(6-1)8-3-9-17-14-10-12-11-15-5-4-13(12)18-14/h10,15H,1-9,11H2. The topological polar surface area (TPSA) is 24.5 Å². The molecule has 1 aromatic rings. The number of ether oxygens (including phenoxy) is 1. The number of hydrogen-bond acceptors (Lipinski definition) is 4. The van der Waals surface area contributed by atoms with Crippen LogP contribution in [0.25, 0.3) is 0 Å². The Morgan fingerprint density at radius 1 is 1.33 bits per heavy atom. The maximum atomic E-state index is 5.88. The van der Waals surface area contributed by atoms with Gasteiger partial charge in [-0.1, -0.05) is 0 Å². The van der Waals surface area contributed by atoms with Gasteiger partial charge in [-0.25, -0.2) is 0 Å². The van der Waals surface area contributed by atoms with Gasteiger partial charge in [-0.3, -0.25) is 0 Å². The Balaban J connectivity index is 1.41. The van der Waals surface area contributed by atoms with Crippen molar-refractivity contribution >= 4 is 11.3 Å². The number of hydrogen-bond donors (Lipinski definition) is 1. The highest BCUT2D eigenvalue weighted by Crippen LogP contribution is 2.31. The highest BCUT2D eigenvalue weighted by Gasteiger charge is 2.14. The number of thiophene rings is 1. The van der Waals surface area contributed by atoms with E-state index in [4.69, 9.17) is 4.74 Å². The molecule has 0 bridgehead atoms. The molecule has 0 aliphatic carbocycles. The summed E-state index contributed by atoms with van der Waals surface area (Å²) in [5, 5.41) is 4.52. The molecule has 1 saturated heterocycles. The molecule has 1 aromatic heterocycles. The fraction of sp³-hybridized carbons (Fsp3) is 0.714. The molecule has 18 heavy (non-hydrogen) atoms. The second-order valence-electron chi connectivity index (χ2n) is 5.19. The zero-order chi connectivity index (χ0) is 12.2. The van der Waals surface area contributed by atoms with Crippen molar-refractivity contribution in [1.82, 2.24) is 10.2 Å². The molecular formula is C14H22N2OS. The molecule has 0 saturated carbocycles. The molecule has 1 fully saturated rings. The van der Waals surface area contributed by atoms with Crippen LogP contribution in [0.3, 0.4) is 0 Å². The quantitative estimate of drug-likeness (QED) is 0.827. The monoisotopic (exact) mass is 266 g/mol. The smallest absolute Gasteiger partial charge is 0.174 e. The lowest BCUT2D eigenvalue weighted by atomic mass is 10.1. The molecule has 0 atom stereocenters. The van der Waals surface area contributed by atoms with E-state index in [1.807, 2.05) is 11.3 Å². The van der Waals surface area contributed by atoms with E-state index < -0.39 is 0 Å². The van der Waals surface area contributed by atoms with Crippen molar-refractivity contribution in [2.45, 2.75) is 32.2 Å². The Labute approximate surface area is 113 Å². The zero-order valence-corrected chi connectivity index (χ0v) is 11.7. The van der Waals surface area contributed by atoms with Crippen LogP contribution in [0.2, 0.25) is 0 Å². The average molecular weight is 266 g/mol. The van der Waals surface area contributed by atoms with Crippen LogP contribution >= 0.6 is 11.3 Å². The Morgan fingerprint density at radius 3 is 3.06 bits per heavy atom. The molecule has 0 amide bonds. The van der Waals surface area contributed by atoms with Gasteiger partial charge in [0.2, 0.25) is 0 Å². The van der Waals surface area contributed by atoms with Crippen LogP contribution in [0.15, 0.2) is 6.07 Å². The first-order chi connectivity index (χ1) is 8.92. The molecule has 0 unspecified atom stereocenters. The molecule has 2 aliphatic heterocycles. The van der Waals surface area contributed by atoms with Gasteiger partial charge in [-0.2, -0.15) is 0 Å². The number of fused-ring (bicyclic) bond motifs is 1. The SMILES string of the molecule is c1c(OCCCN2CCCC2)sc2c1CNCC2. The van der Waals surface area contributed by atoms with E-state index in [-0.39, 0.29) is 0 Å². The average Bonchev–Trinajstić information content (AvgIpc) is 3.03. The first kappa shape index (κ1) is 12.5. The fourth-order valence-corrected chi connectivity index (χ4v) is 3.82. The van der Waals surface area contributed by atoms with Gasteiger partial charge in [0, 0.05) is 24.5 Å². The van der Waals surface area contributed by atoms with E-state index in [1.165, 1.54) is 42.9 Å². The van der Waals surface area contributed by atoms with Gasteiger partial charge < -0.3 is 15.0 Å². The molecule has 4 heteroatoms. The summed E-state index contributed by atoms with van der Waals surface area (Å²) in [7, 11) is 0. The molecule has 0 spiro atoms. The summed E-state index contributed by atoms with van der Waals surface area (Å²) < 4.78 is 5.88. The Kier molecular flexibility index (Phi) is 4.18. The molecule has 100 valence electrons. The summed E-state index contributed by atoms with van der Waals surface area (Å²) in [6, 6.07) is 2.22. The van der Waals surface area contributed by atoms with Gasteiger partial charge in [-0.15, -0.1) is 11.3 Å². The Bertz CT molecular complexity index is 362. The number of nitrogens with zero attached hydrogens (tertiary/aromatic N) is 1. The van der Waals surface area contributed by atoms with Gasteiger partial charge in [0.1, 0.15) is 0 Å². The van der Waals surface area contributed by atoms with E-state index in [2.05, 4.69) is 16.3 Å². The minimum atomic E-state index is 0.864. The van der Waals surface area contributed by atoms with Crippen molar-refractivity contribution in [2.24, 2.45) is 0 Å². The molecule has 0 radical (unpaired) electrons. The van der Waals surface area contributed by atoms with Gasteiger partial charge >= 0.3 is 0 Å². The second kappa shape index (κ2) is 6.04. The molecule has 3 rings (SSSR count). The highest BCUT2D eigenvalue weighted by molar-refractivity contribution is 7.14. The summed E-state index contributed by atoms with van der Waals surface area (Å²) in [6.07, 6.45) is 5.08. The number of nitrogens with one attached hydrogen (secondary N) is 1. The number of rotatable bonds is 5. The van der Waals surface area contributed by atoms with Crippen molar-refractivity contribution in [2.75, 3.05) is 32.8 Å². The maximum Gasteiger partial charge on any atom is 0.174 e. The van der Waals surface area contributed by atoms with Gasteiger partial charge in [0.15, 0.2) is 5.06 Å². The third kappa shape index (κ3) is 3.05. The number of likely N-dealkylation sites (tertiary alicyclic amines) is 1. The summed E-state index contributed by atoms with van der Waals surface area (Å²) in [6.45, 7) is 6.78. The van der Waals surface area contributed by atoms with E-state index in [9.17, 15) is 0 Å². The summed E-state index contributed by atoms with van der Waals surface area (Å²) >= 11 is 1.84. The lowest BCUT2D eigenvalue weighted by molar-refractivity contribution is 0.268. The molecule has 2 aliphatic rings. The van der Waals surface area contributed by atoms with E-state index in [1.54, 1.807) is 0 Å². The minimum absolute atomic E-state index is 0.864. The van der Waals surface area contributed by atoms with E-state index in [0.29, 0.717) is 0 Å². The molecule has 3 nitrogen and oxygen atoms in total. The molecular weight excluding hydrogens is 244 g/mol. The van der Waals surface area contributed by atoms with Gasteiger partial charge in [0.05, 0.1) is 6.61 Å². The van der Waals surface area contributed by atoms with Crippen molar-refractivity contribution in [1.29, 1.82) is 0 Å². The lowest BCUT2D eigenvalue weighted by Crippen LogP contribution is -2.21. The van der Waals surface area contributed by atoms with Crippen LogP contribution in [0.1, 0.15) is 29.7 Å². The summed E-state index contributed by atoms with van der Waals surface area (Å²) in [5.74, 6) is 0. The Hall–Kier alpha value is -0.580.